The molecule has 0 bridgehead atoms. The van der Waals surface area contributed by atoms with E-state index in [9.17, 15) is 9.59 Å². The first kappa shape index (κ1) is 16.5. The summed E-state index contributed by atoms with van der Waals surface area (Å²) < 4.78 is 10.2. The fourth-order valence-electron chi connectivity index (χ4n) is 2.09. The molecule has 0 heterocycles. The number of aryl methyl sites for hydroxylation is 2. The van der Waals surface area contributed by atoms with Gasteiger partial charge in [-0.1, -0.05) is 23.8 Å². The molecular formula is C18H19NO4. The summed E-state index contributed by atoms with van der Waals surface area (Å²) in [5.41, 5.74) is 2.90. The zero-order valence-electron chi connectivity index (χ0n) is 13.4. The number of rotatable bonds is 5. The van der Waals surface area contributed by atoms with Gasteiger partial charge in [-0.05, 0) is 43.7 Å². The van der Waals surface area contributed by atoms with E-state index in [4.69, 9.17) is 9.47 Å². The number of carbonyl (C=O) groups excluding carboxylic acids is 2. The number of nitrogens with one attached hydrogen (secondary N) is 1. The SMILES string of the molecule is COc1ccc(C)cc1NC(=O)COC(=O)c1cccc(C)c1. The smallest absolute Gasteiger partial charge is 0.338 e. The molecule has 1 amide bonds. The Labute approximate surface area is 135 Å². The first-order valence-electron chi connectivity index (χ1n) is 7.18. The van der Waals surface area contributed by atoms with Gasteiger partial charge in [0.15, 0.2) is 6.61 Å². The molecule has 2 aromatic carbocycles. The van der Waals surface area contributed by atoms with E-state index < -0.39 is 11.9 Å². The minimum atomic E-state index is -0.528. The van der Waals surface area contributed by atoms with Crippen molar-refractivity contribution in [1.82, 2.24) is 0 Å². The Morgan fingerprint density at radius 1 is 1.04 bits per heavy atom. The molecule has 0 aliphatic heterocycles. The van der Waals surface area contributed by atoms with E-state index >= 15 is 0 Å². The molecule has 0 saturated heterocycles. The Morgan fingerprint density at radius 2 is 1.78 bits per heavy atom. The van der Waals surface area contributed by atoms with Gasteiger partial charge >= 0.3 is 5.97 Å². The molecule has 0 aliphatic carbocycles. The van der Waals surface area contributed by atoms with Gasteiger partial charge in [-0.3, -0.25) is 4.79 Å². The van der Waals surface area contributed by atoms with Gasteiger partial charge in [0.1, 0.15) is 5.75 Å². The predicted octanol–water partition coefficient (Wildman–Crippen LogP) is 3.11. The highest BCUT2D eigenvalue weighted by Gasteiger charge is 2.12. The van der Waals surface area contributed by atoms with Gasteiger partial charge in [-0.2, -0.15) is 0 Å². The first-order chi connectivity index (χ1) is 11.0. The average Bonchev–Trinajstić information content (AvgIpc) is 2.53. The zero-order valence-corrected chi connectivity index (χ0v) is 13.4. The molecule has 5 nitrogen and oxygen atoms in total. The largest absolute Gasteiger partial charge is 0.495 e. The third kappa shape index (κ3) is 4.57. The molecule has 0 unspecified atom stereocenters. The van der Waals surface area contributed by atoms with Crippen LogP contribution in [0.5, 0.6) is 5.75 Å². The molecule has 0 saturated carbocycles. The van der Waals surface area contributed by atoms with Crippen molar-refractivity contribution >= 4 is 17.6 Å². The van der Waals surface area contributed by atoms with E-state index in [0.717, 1.165) is 11.1 Å². The molecule has 0 spiro atoms. The van der Waals surface area contributed by atoms with Crippen LogP contribution in [-0.4, -0.2) is 25.6 Å². The lowest BCUT2D eigenvalue weighted by atomic mass is 10.1. The fourth-order valence-corrected chi connectivity index (χ4v) is 2.09. The number of benzene rings is 2. The van der Waals surface area contributed by atoms with Gasteiger partial charge in [0.05, 0.1) is 18.4 Å². The lowest BCUT2D eigenvalue weighted by molar-refractivity contribution is -0.119. The Bertz CT molecular complexity index is 725. The highest BCUT2D eigenvalue weighted by Crippen LogP contribution is 2.25. The predicted molar refractivity (Wildman–Crippen MR) is 87.8 cm³/mol. The quantitative estimate of drug-likeness (QED) is 0.861. The molecular weight excluding hydrogens is 294 g/mol. The molecule has 0 aromatic heterocycles. The normalized spacial score (nSPS) is 10.0. The number of carbonyl (C=O) groups is 2. The monoisotopic (exact) mass is 313 g/mol. The molecule has 0 fully saturated rings. The van der Waals surface area contributed by atoms with E-state index in [1.165, 1.54) is 7.11 Å². The summed E-state index contributed by atoms with van der Waals surface area (Å²) in [6.07, 6.45) is 0. The van der Waals surface area contributed by atoms with Crippen LogP contribution in [0.3, 0.4) is 0 Å². The highest BCUT2D eigenvalue weighted by atomic mass is 16.5. The van der Waals surface area contributed by atoms with Crippen molar-refractivity contribution in [2.45, 2.75) is 13.8 Å². The third-order valence-corrected chi connectivity index (χ3v) is 3.22. The average molecular weight is 313 g/mol. The fraction of sp³-hybridized carbons (Fsp3) is 0.222. The van der Waals surface area contributed by atoms with Gasteiger partial charge in [0.25, 0.3) is 5.91 Å². The Balaban J connectivity index is 1.95. The van der Waals surface area contributed by atoms with Crippen LogP contribution in [-0.2, 0) is 9.53 Å². The molecule has 2 rings (SSSR count). The van der Waals surface area contributed by atoms with Crippen LogP contribution in [0, 0.1) is 13.8 Å². The van der Waals surface area contributed by atoms with Crippen LogP contribution in [0.1, 0.15) is 21.5 Å². The summed E-state index contributed by atoms with van der Waals surface area (Å²) in [7, 11) is 1.53. The van der Waals surface area contributed by atoms with E-state index in [0.29, 0.717) is 17.0 Å². The van der Waals surface area contributed by atoms with Gasteiger partial charge in [-0.25, -0.2) is 4.79 Å². The first-order valence-corrected chi connectivity index (χ1v) is 7.18. The molecule has 5 heteroatoms. The lowest BCUT2D eigenvalue weighted by Gasteiger charge is -2.11. The number of methoxy groups -OCH3 is 1. The maximum absolute atomic E-state index is 12.0. The van der Waals surface area contributed by atoms with E-state index in [1.54, 1.807) is 30.3 Å². The van der Waals surface area contributed by atoms with Crippen molar-refractivity contribution in [3.63, 3.8) is 0 Å². The van der Waals surface area contributed by atoms with Crippen LogP contribution < -0.4 is 10.1 Å². The van der Waals surface area contributed by atoms with Crippen LogP contribution in [0.15, 0.2) is 42.5 Å². The number of anilines is 1. The molecule has 0 aliphatic rings. The van der Waals surface area contributed by atoms with Crippen molar-refractivity contribution in [3.05, 3.63) is 59.2 Å². The van der Waals surface area contributed by atoms with Crippen LogP contribution in [0.4, 0.5) is 5.69 Å². The minimum absolute atomic E-state index is 0.357. The van der Waals surface area contributed by atoms with Gasteiger partial charge in [-0.15, -0.1) is 0 Å². The van der Waals surface area contributed by atoms with Crippen molar-refractivity contribution in [1.29, 1.82) is 0 Å². The zero-order chi connectivity index (χ0) is 16.8. The summed E-state index contributed by atoms with van der Waals surface area (Å²) in [4.78, 5) is 23.9. The van der Waals surface area contributed by atoms with Crippen LogP contribution >= 0.6 is 0 Å². The number of hydrogen-bond donors (Lipinski definition) is 1. The van der Waals surface area contributed by atoms with Crippen LogP contribution in [0.2, 0.25) is 0 Å². The molecule has 0 atom stereocenters. The summed E-state index contributed by atoms with van der Waals surface area (Å²) in [5.74, 6) is -0.399. The van der Waals surface area contributed by atoms with Crippen molar-refractivity contribution in [3.8, 4) is 5.75 Å². The maximum atomic E-state index is 12.0. The van der Waals surface area contributed by atoms with Crippen molar-refractivity contribution < 1.29 is 19.1 Å². The van der Waals surface area contributed by atoms with Gasteiger partial charge < -0.3 is 14.8 Å². The number of esters is 1. The van der Waals surface area contributed by atoms with Gasteiger partial charge in [0, 0.05) is 0 Å². The summed E-state index contributed by atoms with van der Waals surface area (Å²) in [5, 5.41) is 2.68. The molecule has 120 valence electrons. The molecule has 0 radical (unpaired) electrons. The molecule has 2 aromatic rings. The summed E-state index contributed by atoms with van der Waals surface area (Å²) in [6.45, 7) is 3.43. The van der Waals surface area contributed by atoms with E-state index in [1.807, 2.05) is 26.0 Å². The summed E-state index contributed by atoms with van der Waals surface area (Å²) >= 11 is 0. The van der Waals surface area contributed by atoms with Gasteiger partial charge in [0.2, 0.25) is 0 Å². The number of hydrogen-bond acceptors (Lipinski definition) is 4. The third-order valence-electron chi connectivity index (χ3n) is 3.22. The van der Waals surface area contributed by atoms with Crippen molar-refractivity contribution in [2.75, 3.05) is 19.0 Å². The molecule has 1 N–H and O–H groups in total. The Morgan fingerprint density at radius 3 is 2.48 bits per heavy atom. The van der Waals surface area contributed by atoms with Crippen molar-refractivity contribution in [2.24, 2.45) is 0 Å². The lowest BCUT2D eigenvalue weighted by Crippen LogP contribution is -2.21. The topological polar surface area (TPSA) is 64.6 Å². The summed E-state index contributed by atoms with van der Waals surface area (Å²) in [6, 6.07) is 12.5. The Kier molecular flexibility index (Phi) is 5.36. The number of amides is 1. The Hall–Kier alpha value is -2.82. The second-order valence-corrected chi connectivity index (χ2v) is 5.20. The van der Waals surface area contributed by atoms with E-state index in [2.05, 4.69) is 5.32 Å². The standard InChI is InChI=1S/C18H19NO4/c1-12-5-4-6-14(9-12)18(21)23-11-17(20)19-15-10-13(2)7-8-16(15)22-3/h4-10H,11H2,1-3H3,(H,19,20). The maximum Gasteiger partial charge on any atom is 0.338 e. The molecule has 23 heavy (non-hydrogen) atoms. The van der Waals surface area contributed by atoms with E-state index in [-0.39, 0.29) is 6.61 Å². The minimum Gasteiger partial charge on any atom is -0.495 e. The second kappa shape index (κ2) is 7.45. The van der Waals surface area contributed by atoms with Crippen LogP contribution in [0.25, 0.3) is 0 Å². The highest BCUT2D eigenvalue weighted by molar-refractivity contribution is 5.96. The second-order valence-electron chi connectivity index (χ2n) is 5.20. The number of ether oxygens (including phenoxy) is 2.